The Morgan fingerprint density at radius 3 is 3.16 bits per heavy atom. The van der Waals surface area contributed by atoms with Crippen molar-refractivity contribution in [3.63, 3.8) is 0 Å². The summed E-state index contributed by atoms with van der Waals surface area (Å²) in [6.07, 6.45) is 4.35. The van der Waals surface area contributed by atoms with E-state index in [2.05, 4.69) is 26.2 Å². The van der Waals surface area contributed by atoms with Gasteiger partial charge in [0.05, 0.1) is 12.2 Å². The monoisotopic (exact) mass is 346 g/mol. The van der Waals surface area contributed by atoms with Crippen molar-refractivity contribution in [3.05, 3.63) is 27.5 Å². The Hall–Kier alpha value is -0.650. The summed E-state index contributed by atoms with van der Waals surface area (Å²) in [7, 11) is 0. The third-order valence-electron chi connectivity index (χ3n) is 3.80. The molecule has 0 saturated heterocycles. The molecule has 1 heterocycles. The molecule has 104 valence electrons. The van der Waals surface area contributed by atoms with Crippen molar-refractivity contribution in [1.82, 2.24) is 10.3 Å². The Kier molecular flexibility index (Phi) is 4.48. The number of carbonyl (C=O) groups excluding carboxylic acids is 1. The first-order valence-electron chi connectivity index (χ1n) is 6.19. The van der Waals surface area contributed by atoms with E-state index >= 15 is 0 Å². The van der Waals surface area contributed by atoms with Gasteiger partial charge in [-0.25, -0.2) is 4.98 Å². The molecule has 0 radical (unpaired) electrons. The second-order valence-corrected chi connectivity index (χ2v) is 6.50. The number of nitrogens with one attached hydrogen (secondary N) is 1. The van der Waals surface area contributed by atoms with Crippen molar-refractivity contribution >= 4 is 33.4 Å². The topological polar surface area (TPSA) is 62.2 Å². The summed E-state index contributed by atoms with van der Waals surface area (Å²) in [5, 5.41) is 12.6. The normalized spacial score (nSPS) is 26.4. The maximum Gasteiger partial charge on any atom is 0.254 e. The number of aliphatic hydroxyl groups is 1. The predicted molar refractivity (Wildman–Crippen MR) is 77.2 cm³/mol. The minimum Gasteiger partial charge on any atom is -0.396 e. The SMILES string of the molecule is CC1(CO)CCCC1NC(=O)c1cc(Br)cnc1Cl. The summed E-state index contributed by atoms with van der Waals surface area (Å²) in [4.78, 5) is 16.2. The zero-order chi connectivity index (χ0) is 14.0. The lowest BCUT2D eigenvalue weighted by atomic mass is 9.85. The Labute approximate surface area is 125 Å². The van der Waals surface area contributed by atoms with E-state index in [4.69, 9.17) is 11.6 Å². The van der Waals surface area contributed by atoms with E-state index in [1.54, 1.807) is 12.3 Å². The van der Waals surface area contributed by atoms with Crippen LogP contribution in [-0.2, 0) is 0 Å². The van der Waals surface area contributed by atoms with E-state index in [-0.39, 0.29) is 29.1 Å². The van der Waals surface area contributed by atoms with Crippen molar-refractivity contribution in [2.24, 2.45) is 5.41 Å². The van der Waals surface area contributed by atoms with Gasteiger partial charge in [-0.3, -0.25) is 4.79 Å². The molecule has 1 aliphatic carbocycles. The van der Waals surface area contributed by atoms with Gasteiger partial charge in [-0.05, 0) is 34.8 Å². The number of aromatic nitrogens is 1. The number of rotatable bonds is 3. The number of hydrogen-bond donors (Lipinski definition) is 2. The van der Waals surface area contributed by atoms with Crippen LogP contribution >= 0.6 is 27.5 Å². The fourth-order valence-electron chi connectivity index (χ4n) is 2.49. The second-order valence-electron chi connectivity index (χ2n) is 5.22. The summed E-state index contributed by atoms with van der Waals surface area (Å²) >= 11 is 9.21. The molecule has 2 rings (SSSR count). The van der Waals surface area contributed by atoms with Crippen LogP contribution in [0.3, 0.4) is 0 Å². The van der Waals surface area contributed by atoms with Gasteiger partial charge in [-0.15, -0.1) is 0 Å². The molecule has 1 aromatic heterocycles. The molecular weight excluding hydrogens is 332 g/mol. The molecule has 0 bridgehead atoms. The molecule has 2 atom stereocenters. The number of amides is 1. The molecule has 0 spiro atoms. The van der Waals surface area contributed by atoms with Gasteiger partial charge in [0.2, 0.25) is 0 Å². The van der Waals surface area contributed by atoms with Gasteiger partial charge in [0.25, 0.3) is 5.91 Å². The number of hydrogen-bond acceptors (Lipinski definition) is 3. The standard InChI is InChI=1S/C13H16BrClN2O2/c1-13(7-18)4-2-3-10(13)17-12(19)9-5-8(14)6-16-11(9)15/h5-6,10,18H,2-4,7H2,1H3,(H,17,19). The van der Waals surface area contributed by atoms with Crippen molar-refractivity contribution in [3.8, 4) is 0 Å². The number of nitrogens with zero attached hydrogens (tertiary/aromatic N) is 1. The Morgan fingerprint density at radius 1 is 1.74 bits per heavy atom. The highest BCUT2D eigenvalue weighted by atomic mass is 79.9. The minimum absolute atomic E-state index is 0.0277. The Balaban J connectivity index is 2.15. The first-order chi connectivity index (χ1) is 8.96. The number of halogens is 2. The average molecular weight is 348 g/mol. The zero-order valence-electron chi connectivity index (χ0n) is 10.6. The van der Waals surface area contributed by atoms with Crippen LogP contribution in [0.25, 0.3) is 0 Å². The maximum absolute atomic E-state index is 12.2. The lowest BCUT2D eigenvalue weighted by Gasteiger charge is -2.30. The molecule has 4 nitrogen and oxygen atoms in total. The summed E-state index contributed by atoms with van der Waals surface area (Å²) < 4.78 is 0.707. The first kappa shape index (κ1) is 14.8. The van der Waals surface area contributed by atoms with Crippen LogP contribution in [0, 0.1) is 5.41 Å². The highest BCUT2D eigenvalue weighted by Gasteiger charge is 2.39. The largest absolute Gasteiger partial charge is 0.396 e. The molecule has 0 aliphatic heterocycles. The smallest absolute Gasteiger partial charge is 0.254 e. The van der Waals surface area contributed by atoms with Crippen LogP contribution in [0.15, 0.2) is 16.7 Å². The van der Waals surface area contributed by atoms with E-state index in [1.807, 2.05) is 6.92 Å². The van der Waals surface area contributed by atoms with Crippen LogP contribution in [0.5, 0.6) is 0 Å². The van der Waals surface area contributed by atoms with E-state index in [9.17, 15) is 9.90 Å². The number of carbonyl (C=O) groups is 1. The van der Waals surface area contributed by atoms with Gasteiger partial charge in [-0.1, -0.05) is 24.9 Å². The fourth-order valence-corrected chi connectivity index (χ4v) is 3.01. The van der Waals surface area contributed by atoms with Gasteiger partial charge < -0.3 is 10.4 Å². The number of aliphatic hydroxyl groups excluding tert-OH is 1. The highest BCUT2D eigenvalue weighted by Crippen LogP contribution is 2.37. The first-order valence-corrected chi connectivity index (χ1v) is 7.36. The summed E-state index contributed by atoms with van der Waals surface area (Å²) in [5.41, 5.74) is 0.102. The van der Waals surface area contributed by atoms with Crippen LogP contribution in [-0.4, -0.2) is 28.6 Å². The van der Waals surface area contributed by atoms with Crippen molar-refractivity contribution < 1.29 is 9.90 Å². The lowest BCUT2D eigenvalue weighted by molar-refractivity contribution is 0.0830. The molecule has 1 amide bonds. The van der Waals surface area contributed by atoms with E-state index in [1.165, 1.54) is 0 Å². The van der Waals surface area contributed by atoms with Crippen LogP contribution < -0.4 is 5.32 Å². The van der Waals surface area contributed by atoms with Crippen molar-refractivity contribution in [2.75, 3.05) is 6.61 Å². The minimum atomic E-state index is -0.248. The van der Waals surface area contributed by atoms with Gasteiger partial charge >= 0.3 is 0 Å². The molecule has 1 aromatic rings. The van der Waals surface area contributed by atoms with Crippen LogP contribution in [0.2, 0.25) is 5.15 Å². The van der Waals surface area contributed by atoms with Crippen molar-refractivity contribution in [1.29, 1.82) is 0 Å². The van der Waals surface area contributed by atoms with Gasteiger partial charge in [-0.2, -0.15) is 0 Å². The van der Waals surface area contributed by atoms with Crippen LogP contribution in [0.1, 0.15) is 36.5 Å². The Bertz CT molecular complexity index is 498. The average Bonchev–Trinajstić information content (AvgIpc) is 2.74. The van der Waals surface area contributed by atoms with Gasteiger partial charge in [0, 0.05) is 22.1 Å². The van der Waals surface area contributed by atoms with Gasteiger partial charge in [0.1, 0.15) is 5.15 Å². The summed E-state index contributed by atoms with van der Waals surface area (Å²) in [5.74, 6) is -0.245. The van der Waals surface area contributed by atoms with Gasteiger partial charge in [0.15, 0.2) is 0 Å². The molecular formula is C13H16BrClN2O2. The number of pyridine rings is 1. The molecule has 19 heavy (non-hydrogen) atoms. The van der Waals surface area contributed by atoms with Crippen LogP contribution in [0.4, 0.5) is 0 Å². The molecule has 1 fully saturated rings. The van der Waals surface area contributed by atoms with E-state index in [0.717, 1.165) is 19.3 Å². The molecule has 0 aromatic carbocycles. The Morgan fingerprint density at radius 2 is 2.47 bits per heavy atom. The molecule has 2 unspecified atom stereocenters. The maximum atomic E-state index is 12.2. The molecule has 6 heteroatoms. The second kappa shape index (κ2) is 5.77. The van der Waals surface area contributed by atoms with Crippen molar-refractivity contribution in [2.45, 2.75) is 32.2 Å². The third-order valence-corrected chi connectivity index (χ3v) is 4.53. The lowest BCUT2D eigenvalue weighted by Crippen LogP contribution is -2.44. The predicted octanol–water partition coefficient (Wildman–Crippen LogP) is 2.78. The quantitative estimate of drug-likeness (QED) is 0.827. The molecule has 2 N–H and O–H groups in total. The molecule has 1 saturated carbocycles. The summed E-state index contributed by atoms with van der Waals surface area (Å²) in [6.45, 7) is 2.06. The zero-order valence-corrected chi connectivity index (χ0v) is 13.0. The van der Waals surface area contributed by atoms with E-state index in [0.29, 0.717) is 10.0 Å². The highest BCUT2D eigenvalue weighted by molar-refractivity contribution is 9.10. The third kappa shape index (κ3) is 3.09. The van der Waals surface area contributed by atoms with E-state index < -0.39 is 0 Å². The molecule has 1 aliphatic rings. The summed E-state index contributed by atoms with van der Waals surface area (Å²) in [6, 6.07) is 1.62. The fraction of sp³-hybridized carbons (Fsp3) is 0.538.